The van der Waals surface area contributed by atoms with E-state index in [4.69, 9.17) is 18.9 Å². The van der Waals surface area contributed by atoms with Crippen LogP contribution in [0.2, 0.25) is 0 Å². The fourth-order valence-corrected chi connectivity index (χ4v) is 2.53. The zero-order chi connectivity index (χ0) is 15.5. The molecule has 22 heavy (non-hydrogen) atoms. The second-order valence-corrected chi connectivity index (χ2v) is 4.90. The van der Waals surface area contributed by atoms with Gasteiger partial charge in [0, 0.05) is 5.56 Å². The van der Waals surface area contributed by atoms with Gasteiger partial charge in [-0.1, -0.05) is 18.2 Å². The Hall–Kier alpha value is -2.62. The standard InChI is InChI=1S/C18H18O4/c1-19-16-10-13(11-17(20-2)18(16)21-3)15-9-8-12-6-4-5-7-14(12)22-15/h4-7,9-11H,8H2,1-3H3. The highest BCUT2D eigenvalue weighted by atomic mass is 16.5. The van der Waals surface area contributed by atoms with Gasteiger partial charge in [-0.3, -0.25) is 0 Å². The van der Waals surface area contributed by atoms with Crippen molar-refractivity contribution in [2.24, 2.45) is 0 Å². The molecule has 0 aromatic heterocycles. The van der Waals surface area contributed by atoms with E-state index in [2.05, 4.69) is 12.1 Å². The van der Waals surface area contributed by atoms with Crippen molar-refractivity contribution in [1.82, 2.24) is 0 Å². The lowest BCUT2D eigenvalue weighted by atomic mass is 10.0. The number of benzene rings is 2. The maximum Gasteiger partial charge on any atom is 0.203 e. The molecular weight excluding hydrogens is 280 g/mol. The molecule has 1 heterocycles. The highest BCUT2D eigenvalue weighted by molar-refractivity contribution is 5.70. The lowest BCUT2D eigenvalue weighted by molar-refractivity contribution is 0.324. The summed E-state index contributed by atoms with van der Waals surface area (Å²) in [5.74, 6) is 3.47. The third-order valence-corrected chi connectivity index (χ3v) is 3.65. The third-order valence-electron chi connectivity index (χ3n) is 3.65. The van der Waals surface area contributed by atoms with Gasteiger partial charge in [-0.05, 0) is 36.3 Å². The van der Waals surface area contributed by atoms with Crippen LogP contribution in [0.25, 0.3) is 5.76 Å². The predicted molar refractivity (Wildman–Crippen MR) is 84.8 cm³/mol. The second kappa shape index (κ2) is 6.02. The molecule has 0 N–H and O–H groups in total. The van der Waals surface area contributed by atoms with E-state index in [1.54, 1.807) is 21.3 Å². The normalized spacial score (nSPS) is 12.8. The number of para-hydroxylation sites is 1. The van der Waals surface area contributed by atoms with Crippen LogP contribution in [-0.4, -0.2) is 21.3 Å². The van der Waals surface area contributed by atoms with Gasteiger partial charge < -0.3 is 18.9 Å². The summed E-state index contributed by atoms with van der Waals surface area (Å²) >= 11 is 0. The number of methoxy groups -OCH3 is 3. The van der Waals surface area contributed by atoms with Crippen molar-refractivity contribution in [3.8, 4) is 23.0 Å². The molecule has 0 unspecified atom stereocenters. The monoisotopic (exact) mass is 298 g/mol. The minimum atomic E-state index is 0.575. The van der Waals surface area contributed by atoms with Crippen molar-refractivity contribution in [1.29, 1.82) is 0 Å². The Balaban J connectivity index is 2.01. The van der Waals surface area contributed by atoms with Gasteiger partial charge in [0.05, 0.1) is 21.3 Å². The molecule has 4 heteroatoms. The number of hydrogen-bond donors (Lipinski definition) is 0. The topological polar surface area (TPSA) is 36.9 Å². The fourth-order valence-electron chi connectivity index (χ4n) is 2.53. The first kappa shape index (κ1) is 14.3. The van der Waals surface area contributed by atoms with Gasteiger partial charge in [0.15, 0.2) is 11.5 Å². The first-order chi connectivity index (χ1) is 10.8. The summed E-state index contributed by atoms with van der Waals surface area (Å²) in [4.78, 5) is 0. The predicted octanol–water partition coefficient (Wildman–Crippen LogP) is 3.69. The molecule has 1 aliphatic rings. The Kier molecular flexibility index (Phi) is 3.92. The Labute approximate surface area is 129 Å². The van der Waals surface area contributed by atoms with E-state index in [0.29, 0.717) is 17.2 Å². The summed E-state index contributed by atoms with van der Waals surface area (Å²) in [6.07, 6.45) is 2.89. The first-order valence-corrected chi connectivity index (χ1v) is 7.03. The number of fused-ring (bicyclic) bond motifs is 1. The molecule has 0 aliphatic carbocycles. The van der Waals surface area contributed by atoms with E-state index in [1.807, 2.05) is 30.3 Å². The molecule has 0 amide bonds. The largest absolute Gasteiger partial charge is 0.493 e. The van der Waals surface area contributed by atoms with E-state index in [0.717, 1.165) is 23.5 Å². The zero-order valence-corrected chi connectivity index (χ0v) is 12.9. The van der Waals surface area contributed by atoms with Crippen molar-refractivity contribution in [2.45, 2.75) is 6.42 Å². The molecule has 0 fully saturated rings. The SMILES string of the molecule is COc1cc(C2=CCc3ccccc3O2)cc(OC)c1OC. The Morgan fingerprint density at radius 1 is 0.909 bits per heavy atom. The fraction of sp³-hybridized carbons (Fsp3) is 0.222. The van der Waals surface area contributed by atoms with Crippen molar-refractivity contribution in [3.05, 3.63) is 53.6 Å². The molecule has 0 atom stereocenters. The Bertz CT molecular complexity index is 694. The van der Waals surface area contributed by atoms with Crippen LogP contribution in [-0.2, 0) is 6.42 Å². The molecule has 4 nitrogen and oxygen atoms in total. The van der Waals surface area contributed by atoms with E-state index in [-0.39, 0.29) is 0 Å². The van der Waals surface area contributed by atoms with Gasteiger partial charge in [0.2, 0.25) is 5.75 Å². The highest BCUT2D eigenvalue weighted by Crippen LogP contribution is 2.41. The molecule has 0 saturated carbocycles. The average molecular weight is 298 g/mol. The van der Waals surface area contributed by atoms with Gasteiger partial charge >= 0.3 is 0 Å². The summed E-state index contributed by atoms with van der Waals surface area (Å²) in [5, 5.41) is 0. The number of ether oxygens (including phenoxy) is 4. The lowest BCUT2D eigenvalue weighted by Crippen LogP contribution is -2.05. The van der Waals surface area contributed by atoms with Crippen LogP contribution in [0.3, 0.4) is 0 Å². The summed E-state index contributed by atoms with van der Waals surface area (Å²) in [7, 11) is 4.80. The van der Waals surface area contributed by atoms with Crippen LogP contribution in [0.4, 0.5) is 0 Å². The van der Waals surface area contributed by atoms with Crippen molar-refractivity contribution < 1.29 is 18.9 Å². The molecular formula is C18H18O4. The van der Waals surface area contributed by atoms with Crippen molar-refractivity contribution in [3.63, 3.8) is 0 Å². The summed E-state index contributed by atoms with van der Waals surface area (Å²) in [5.41, 5.74) is 2.07. The lowest BCUT2D eigenvalue weighted by Gasteiger charge is -2.20. The van der Waals surface area contributed by atoms with Crippen LogP contribution in [0.15, 0.2) is 42.5 Å². The maximum atomic E-state index is 6.00. The highest BCUT2D eigenvalue weighted by Gasteiger charge is 2.19. The quantitative estimate of drug-likeness (QED) is 0.862. The smallest absolute Gasteiger partial charge is 0.203 e. The van der Waals surface area contributed by atoms with Crippen LogP contribution in [0.1, 0.15) is 11.1 Å². The van der Waals surface area contributed by atoms with Gasteiger partial charge in [-0.25, -0.2) is 0 Å². The minimum absolute atomic E-state index is 0.575. The molecule has 2 aromatic rings. The van der Waals surface area contributed by atoms with E-state index >= 15 is 0 Å². The maximum absolute atomic E-state index is 6.00. The second-order valence-electron chi connectivity index (χ2n) is 4.90. The van der Waals surface area contributed by atoms with Crippen LogP contribution in [0, 0.1) is 0 Å². The third kappa shape index (κ3) is 2.48. The van der Waals surface area contributed by atoms with Crippen molar-refractivity contribution in [2.75, 3.05) is 21.3 Å². The first-order valence-electron chi connectivity index (χ1n) is 7.03. The molecule has 0 bridgehead atoms. The van der Waals surface area contributed by atoms with Crippen LogP contribution < -0.4 is 18.9 Å². The van der Waals surface area contributed by atoms with Gasteiger partial charge in [0.1, 0.15) is 11.5 Å². The molecule has 0 radical (unpaired) electrons. The molecule has 114 valence electrons. The molecule has 0 saturated heterocycles. The average Bonchev–Trinajstić information content (AvgIpc) is 2.59. The number of rotatable bonds is 4. The molecule has 3 rings (SSSR count). The summed E-state index contributed by atoms with van der Waals surface area (Å²) in [6, 6.07) is 11.8. The Morgan fingerprint density at radius 3 is 2.23 bits per heavy atom. The van der Waals surface area contributed by atoms with Crippen molar-refractivity contribution >= 4 is 5.76 Å². The number of allylic oxidation sites excluding steroid dienone is 1. The van der Waals surface area contributed by atoms with Gasteiger partial charge in [0.25, 0.3) is 0 Å². The Morgan fingerprint density at radius 2 is 1.59 bits per heavy atom. The van der Waals surface area contributed by atoms with Crippen LogP contribution >= 0.6 is 0 Å². The summed E-state index contributed by atoms with van der Waals surface area (Å²) < 4.78 is 22.1. The molecule has 0 spiro atoms. The van der Waals surface area contributed by atoms with Crippen LogP contribution in [0.5, 0.6) is 23.0 Å². The zero-order valence-electron chi connectivity index (χ0n) is 12.9. The van der Waals surface area contributed by atoms with Gasteiger partial charge in [-0.15, -0.1) is 0 Å². The molecule has 2 aromatic carbocycles. The number of hydrogen-bond acceptors (Lipinski definition) is 4. The molecule has 1 aliphatic heterocycles. The van der Waals surface area contributed by atoms with Gasteiger partial charge in [-0.2, -0.15) is 0 Å². The van der Waals surface area contributed by atoms with E-state index in [9.17, 15) is 0 Å². The van der Waals surface area contributed by atoms with E-state index in [1.165, 1.54) is 5.56 Å². The van der Waals surface area contributed by atoms with E-state index < -0.39 is 0 Å². The minimum Gasteiger partial charge on any atom is -0.493 e. The summed E-state index contributed by atoms with van der Waals surface area (Å²) in [6.45, 7) is 0.